The molecular formula is C32H29N3O3S. The van der Waals surface area contributed by atoms with Crippen LogP contribution in [0.2, 0.25) is 0 Å². The topological polar surface area (TPSA) is 87.3 Å². The van der Waals surface area contributed by atoms with Gasteiger partial charge < -0.3 is 16.0 Å². The summed E-state index contributed by atoms with van der Waals surface area (Å²) >= 11 is 1.37. The van der Waals surface area contributed by atoms with Crippen molar-refractivity contribution in [3.63, 3.8) is 0 Å². The Labute approximate surface area is 232 Å². The lowest BCUT2D eigenvalue weighted by atomic mass is 10.1. The van der Waals surface area contributed by atoms with Gasteiger partial charge in [-0.05, 0) is 67.4 Å². The third-order valence-electron chi connectivity index (χ3n) is 5.76. The van der Waals surface area contributed by atoms with E-state index >= 15 is 0 Å². The molecule has 0 unspecified atom stereocenters. The first kappa shape index (κ1) is 27.4. The molecule has 0 saturated carbocycles. The maximum absolute atomic E-state index is 13.3. The maximum atomic E-state index is 13.3. The lowest BCUT2D eigenvalue weighted by Gasteiger charge is -2.12. The number of nitrogens with one attached hydrogen (secondary N) is 3. The Bertz CT molecular complexity index is 1500. The molecule has 196 valence electrons. The van der Waals surface area contributed by atoms with E-state index in [1.54, 1.807) is 42.5 Å². The standard InChI is InChI=1S/C32H29N3O3S/c1-22-16-17-28(23(2)18-22)34-30(36)21-39-27-15-9-14-26(20-27)33-32(38)29(19-24-10-5-3-6-11-24)35-31(37)25-12-7-4-8-13-25/h3-20H,21H2,1-2H3,(H,33,38)(H,34,36)(H,35,37)/b29-19-. The van der Waals surface area contributed by atoms with Gasteiger partial charge in [-0.2, -0.15) is 0 Å². The molecule has 0 spiro atoms. The number of carbonyl (C=O) groups excluding carboxylic acids is 3. The Hall–Kier alpha value is -4.62. The molecule has 0 aliphatic heterocycles. The highest BCUT2D eigenvalue weighted by Gasteiger charge is 2.15. The van der Waals surface area contributed by atoms with Gasteiger partial charge in [0.05, 0.1) is 5.75 Å². The van der Waals surface area contributed by atoms with E-state index in [0.29, 0.717) is 11.3 Å². The predicted molar refractivity (Wildman–Crippen MR) is 159 cm³/mol. The van der Waals surface area contributed by atoms with Gasteiger partial charge >= 0.3 is 0 Å². The number of anilines is 2. The predicted octanol–water partition coefficient (Wildman–Crippen LogP) is 6.44. The van der Waals surface area contributed by atoms with Crippen LogP contribution in [0.1, 0.15) is 27.0 Å². The number of hydrogen-bond donors (Lipinski definition) is 3. The quantitative estimate of drug-likeness (QED) is 0.170. The van der Waals surface area contributed by atoms with E-state index in [9.17, 15) is 14.4 Å². The molecule has 3 N–H and O–H groups in total. The van der Waals surface area contributed by atoms with Gasteiger partial charge in [-0.15, -0.1) is 11.8 Å². The Morgan fingerprint density at radius 2 is 1.49 bits per heavy atom. The van der Waals surface area contributed by atoms with Gasteiger partial charge in [-0.3, -0.25) is 14.4 Å². The van der Waals surface area contributed by atoms with Crippen LogP contribution in [0.4, 0.5) is 11.4 Å². The van der Waals surface area contributed by atoms with E-state index < -0.39 is 5.91 Å². The second-order valence-electron chi connectivity index (χ2n) is 8.93. The molecule has 0 fully saturated rings. The summed E-state index contributed by atoms with van der Waals surface area (Å²) in [6.45, 7) is 3.97. The van der Waals surface area contributed by atoms with E-state index in [0.717, 1.165) is 27.3 Å². The molecule has 0 bridgehead atoms. The fourth-order valence-corrected chi connectivity index (χ4v) is 4.56. The third kappa shape index (κ3) is 8.18. The molecule has 0 atom stereocenters. The average molecular weight is 536 g/mol. The highest BCUT2D eigenvalue weighted by Crippen LogP contribution is 2.23. The van der Waals surface area contributed by atoms with Crippen LogP contribution in [0.15, 0.2) is 114 Å². The average Bonchev–Trinajstić information content (AvgIpc) is 2.94. The van der Waals surface area contributed by atoms with Gasteiger partial charge in [0.1, 0.15) is 5.70 Å². The first-order valence-electron chi connectivity index (χ1n) is 12.4. The fraction of sp³-hybridized carbons (Fsp3) is 0.0938. The summed E-state index contributed by atoms with van der Waals surface area (Å²) in [7, 11) is 0. The zero-order chi connectivity index (χ0) is 27.6. The summed E-state index contributed by atoms with van der Waals surface area (Å²) in [6, 6.07) is 31.2. The molecule has 0 saturated heterocycles. The molecule has 7 heteroatoms. The number of benzene rings is 4. The minimum absolute atomic E-state index is 0.112. The van der Waals surface area contributed by atoms with Crippen LogP contribution in [0.5, 0.6) is 0 Å². The summed E-state index contributed by atoms with van der Waals surface area (Å²) < 4.78 is 0. The molecular weight excluding hydrogens is 506 g/mol. The van der Waals surface area contributed by atoms with Crippen LogP contribution < -0.4 is 16.0 Å². The fourth-order valence-electron chi connectivity index (χ4n) is 3.81. The van der Waals surface area contributed by atoms with Crippen molar-refractivity contribution in [3.8, 4) is 0 Å². The van der Waals surface area contributed by atoms with Gasteiger partial charge in [-0.1, -0.05) is 72.3 Å². The zero-order valence-electron chi connectivity index (χ0n) is 21.7. The molecule has 4 aromatic rings. The summed E-state index contributed by atoms with van der Waals surface area (Å²) in [5, 5.41) is 8.55. The Balaban J connectivity index is 1.43. The molecule has 4 rings (SSSR count). The van der Waals surface area contributed by atoms with Crippen molar-refractivity contribution in [2.75, 3.05) is 16.4 Å². The molecule has 6 nitrogen and oxygen atoms in total. The summed E-state index contributed by atoms with van der Waals surface area (Å²) in [5.41, 5.74) is 4.82. The number of carbonyl (C=O) groups is 3. The zero-order valence-corrected chi connectivity index (χ0v) is 22.5. The SMILES string of the molecule is Cc1ccc(NC(=O)CSc2cccc(NC(=O)/C(=C/c3ccccc3)NC(=O)c3ccccc3)c2)c(C)c1. The third-order valence-corrected chi connectivity index (χ3v) is 6.75. The summed E-state index contributed by atoms with van der Waals surface area (Å²) in [4.78, 5) is 39.4. The Morgan fingerprint density at radius 3 is 2.21 bits per heavy atom. The highest BCUT2D eigenvalue weighted by molar-refractivity contribution is 8.00. The normalized spacial score (nSPS) is 11.0. The van der Waals surface area contributed by atoms with Crippen LogP contribution in [-0.4, -0.2) is 23.5 Å². The summed E-state index contributed by atoms with van der Waals surface area (Å²) in [6.07, 6.45) is 1.63. The van der Waals surface area contributed by atoms with Gasteiger partial charge in [0, 0.05) is 21.8 Å². The summed E-state index contributed by atoms with van der Waals surface area (Å²) in [5.74, 6) is -0.736. The van der Waals surface area contributed by atoms with Crippen molar-refractivity contribution in [1.82, 2.24) is 5.32 Å². The molecule has 39 heavy (non-hydrogen) atoms. The maximum Gasteiger partial charge on any atom is 0.272 e. The number of hydrogen-bond acceptors (Lipinski definition) is 4. The monoisotopic (exact) mass is 535 g/mol. The lowest BCUT2D eigenvalue weighted by molar-refractivity contribution is -0.114. The molecule has 0 aliphatic rings. The van der Waals surface area contributed by atoms with Crippen LogP contribution in [-0.2, 0) is 9.59 Å². The van der Waals surface area contributed by atoms with E-state index in [-0.39, 0.29) is 23.3 Å². The smallest absolute Gasteiger partial charge is 0.272 e. The number of thioether (sulfide) groups is 1. The largest absolute Gasteiger partial charge is 0.325 e. The van der Waals surface area contributed by atoms with Gasteiger partial charge in [0.15, 0.2) is 0 Å². The minimum atomic E-state index is -0.460. The van der Waals surface area contributed by atoms with Crippen molar-refractivity contribution in [3.05, 3.63) is 131 Å². The van der Waals surface area contributed by atoms with Gasteiger partial charge in [0.2, 0.25) is 5.91 Å². The van der Waals surface area contributed by atoms with Crippen molar-refractivity contribution in [2.24, 2.45) is 0 Å². The molecule has 0 heterocycles. The van der Waals surface area contributed by atoms with Crippen LogP contribution in [0.25, 0.3) is 6.08 Å². The number of aryl methyl sites for hydroxylation is 2. The van der Waals surface area contributed by atoms with Gasteiger partial charge in [-0.25, -0.2) is 0 Å². The Kier molecular flexibility index (Phi) is 9.32. The molecule has 3 amide bonds. The van der Waals surface area contributed by atoms with Crippen LogP contribution >= 0.6 is 11.8 Å². The highest BCUT2D eigenvalue weighted by atomic mass is 32.2. The van der Waals surface area contributed by atoms with Crippen LogP contribution in [0.3, 0.4) is 0 Å². The van der Waals surface area contributed by atoms with Crippen molar-refractivity contribution in [1.29, 1.82) is 0 Å². The second kappa shape index (κ2) is 13.3. The van der Waals surface area contributed by atoms with Crippen molar-refractivity contribution < 1.29 is 14.4 Å². The molecule has 0 aromatic heterocycles. The van der Waals surface area contributed by atoms with E-state index in [2.05, 4.69) is 16.0 Å². The molecule has 4 aromatic carbocycles. The lowest BCUT2D eigenvalue weighted by Crippen LogP contribution is -2.30. The Morgan fingerprint density at radius 1 is 0.769 bits per heavy atom. The van der Waals surface area contributed by atoms with Crippen molar-refractivity contribution in [2.45, 2.75) is 18.7 Å². The van der Waals surface area contributed by atoms with E-state index in [4.69, 9.17) is 0 Å². The van der Waals surface area contributed by atoms with Crippen molar-refractivity contribution >= 4 is 46.9 Å². The van der Waals surface area contributed by atoms with E-state index in [1.165, 1.54) is 11.8 Å². The van der Waals surface area contributed by atoms with Crippen LogP contribution in [0, 0.1) is 13.8 Å². The number of amides is 3. The van der Waals surface area contributed by atoms with E-state index in [1.807, 2.05) is 80.6 Å². The first-order chi connectivity index (χ1) is 18.9. The minimum Gasteiger partial charge on any atom is -0.325 e. The van der Waals surface area contributed by atoms with Gasteiger partial charge in [0.25, 0.3) is 11.8 Å². The molecule has 0 aliphatic carbocycles. The second-order valence-corrected chi connectivity index (χ2v) is 9.97. The molecule has 0 radical (unpaired) electrons. The number of rotatable bonds is 9. The first-order valence-corrected chi connectivity index (χ1v) is 13.4.